The first-order valence-electron chi connectivity index (χ1n) is 18.6. The molecule has 0 N–H and O–H groups in total. The third-order valence-corrected chi connectivity index (χ3v) is 11.1. The Labute approximate surface area is 267 Å². The summed E-state index contributed by atoms with van der Waals surface area (Å²) in [5.41, 5.74) is 1.86. The Kier molecular flexibility index (Phi) is 13.9. The van der Waals surface area contributed by atoms with Crippen molar-refractivity contribution in [2.75, 3.05) is 26.3 Å². The molecule has 246 valence electrons. The third kappa shape index (κ3) is 10.6. The Balaban J connectivity index is 1.01. The van der Waals surface area contributed by atoms with Gasteiger partial charge in [0.05, 0.1) is 12.8 Å². The maximum atomic E-state index is 12.7. The molecule has 0 bridgehead atoms. The van der Waals surface area contributed by atoms with Crippen molar-refractivity contribution in [3.8, 4) is 0 Å². The maximum absolute atomic E-state index is 12.7. The summed E-state index contributed by atoms with van der Waals surface area (Å²) < 4.78 is 11.5. The molecule has 4 aliphatic rings. The standard InChI is InChI=1S/C38H60N2O4/c41-37(43-27-25-39(33-13-5-1-6-14-33)34-15-7-2-8-16-34)29-31-21-23-32(24-22-31)30-38(42)44-28-26-40(35-17-9-3-10-18-35)36-19-11-4-12-20-36/h21-24,33-36H,1-20,25-30H2. The number of nitrogens with zero attached hydrogens (tertiary/aromatic N) is 2. The molecule has 5 rings (SSSR count). The Bertz CT molecular complexity index is 858. The van der Waals surface area contributed by atoms with Crippen LogP contribution in [0.3, 0.4) is 0 Å². The van der Waals surface area contributed by atoms with E-state index in [1.807, 2.05) is 24.3 Å². The zero-order valence-corrected chi connectivity index (χ0v) is 27.5. The molecule has 6 heteroatoms. The van der Waals surface area contributed by atoms with Crippen LogP contribution < -0.4 is 0 Å². The maximum Gasteiger partial charge on any atom is 0.310 e. The molecule has 1 aromatic rings. The average Bonchev–Trinajstić information content (AvgIpc) is 3.07. The van der Waals surface area contributed by atoms with Crippen molar-refractivity contribution < 1.29 is 19.1 Å². The first-order valence-corrected chi connectivity index (χ1v) is 18.6. The summed E-state index contributed by atoms with van der Waals surface area (Å²) in [7, 11) is 0. The average molecular weight is 609 g/mol. The van der Waals surface area contributed by atoms with E-state index in [1.54, 1.807) is 0 Å². The van der Waals surface area contributed by atoms with Crippen LogP contribution in [0, 0.1) is 0 Å². The van der Waals surface area contributed by atoms with Gasteiger partial charge in [0.1, 0.15) is 13.2 Å². The Hall–Kier alpha value is -1.92. The van der Waals surface area contributed by atoms with E-state index in [1.165, 1.54) is 128 Å². The van der Waals surface area contributed by atoms with Gasteiger partial charge in [-0.3, -0.25) is 19.4 Å². The van der Waals surface area contributed by atoms with Gasteiger partial charge >= 0.3 is 11.9 Å². The van der Waals surface area contributed by atoms with Gasteiger partial charge in [-0.1, -0.05) is 101 Å². The minimum Gasteiger partial charge on any atom is -0.464 e. The summed E-state index contributed by atoms with van der Waals surface area (Å²) in [5, 5.41) is 0. The Morgan fingerprint density at radius 1 is 0.477 bits per heavy atom. The van der Waals surface area contributed by atoms with Crippen LogP contribution in [0.25, 0.3) is 0 Å². The Morgan fingerprint density at radius 3 is 1.02 bits per heavy atom. The molecule has 0 aliphatic heterocycles. The van der Waals surface area contributed by atoms with Gasteiger partial charge in [-0.2, -0.15) is 0 Å². The number of carbonyl (C=O) groups is 2. The van der Waals surface area contributed by atoms with Gasteiger partial charge < -0.3 is 9.47 Å². The molecule has 0 radical (unpaired) electrons. The summed E-state index contributed by atoms with van der Waals surface area (Å²) in [6, 6.07) is 10.5. The van der Waals surface area contributed by atoms with Crippen LogP contribution in [0.15, 0.2) is 24.3 Å². The molecule has 0 amide bonds. The predicted molar refractivity (Wildman–Crippen MR) is 177 cm³/mol. The van der Waals surface area contributed by atoms with Crippen molar-refractivity contribution >= 4 is 11.9 Å². The van der Waals surface area contributed by atoms with Crippen LogP contribution in [-0.2, 0) is 31.9 Å². The highest BCUT2D eigenvalue weighted by Gasteiger charge is 2.30. The van der Waals surface area contributed by atoms with Gasteiger partial charge in [0, 0.05) is 37.3 Å². The molecule has 6 nitrogen and oxygen atoms in total. The highest BCUT2D eigenvalue weighted by Crippen LogP contribution is 2.31. The molecule has 44 heavy (non-hydrogen) atoms. The van der Waals surface area contributed by atoms with E-state index < -0.39 is 0 Å². The molecule has 4 saturated carbocycles. The second-order valence-electron chi connectivity index (χ2n) is 14.3. The van der Waals surface area contributed by atoms with Crippen LogP contribution >= 0.6 is 0 Å². The molecule has 1 aromatic carbocycles. The second-order valence-corrected chi connectivity index (χ2v) is 14.3. The van der Waals surface area contributed by atoms with E-state index in [2.05, 4.69) is 9.80 Å². The fourth-order valence-electron chi connectivity index (χ4n) is 8.72. The van der Waals surface area contributed by atoms with Crippen LogP contribution in [0.1, 0.15) is 140 Å². The van der Waals surface area contributed by atoms with E-state index in [0.717, 1.165) is 24.2 Å². The molecule has 0 heterocycles. The third-order valence-electron chi connectivity index (χ3n) is 11.1. The number of benzene rings is 1. The highest BCUT2D eigenvalue weighted by atomic mass is 16.5. The van der Waals surface area contributed by atoms with Crippen LogP contribution in [0.4, 0.5) is 0 Å². The van der Waals surface area contributed by atoms with Gasteiger partial charge in [0.15, 0.2) is 0 Å². The molecule has 4 fully saturated rings. The number of carbonyl (C=O) groups excluding carboxylic acids is 2. The van der Waals surface area contributed by atoms with E-state index in [9.17, 15) is 9.59 Å². The normalized spacial score (nSPS) is 21.5. The molecule has 0 saturated heterocycles. The van der Waals surface area contributed by atoms with Gasteiger partial charge in [-0.25, -0.2) is 0 Å². The van der Waals surface area contributed by atoms with Gasteiger partial charge in [-0.05, 0) is 62.5 Å². The summed E-state index contributed by atoms with van der Waals surface area (Å²) >= 11 is 0. The number of rotatable bonds is 14. The monoisotopic (exact) mass is 608 g/mol. The SMILES string of the molecule is O=C(Cc1ccc(CC(=O)OCCN(C2CCCCC2)C2CCCCC2)cc1)OCCN(C1CCCCC1)C1CCCCC1. The molecule has 4 aliphatic carbocycles. The van der Waals surface area contributed by atoms with Crippen LogP contribution in [-0.4, -0.2) is 72.2 Å². The van der Waals surface area contributed by atoms with Crippen molar-refractivity contribution in [3.05, 3.63) is 35.4 Å². The van der Waals surface area contributed by atoms with Crippen molar-refractivity contribution in [3.63, 3.8) is 0 Å². The zero-order chi connectivity index (χ0) is 30.4. The quantitative estimate of drug-likeness (QED) is 0.201. The lowest BCUT2D eigenvalue weighted by Crippen LogP contribution is -2.46. The lowest BCUT2D eigenvalue weighted by Gasteiger charge is -2.41. The van der Waals surface area contributed by atoms with E-state index in [4.69, 9.17) is 9.47 Å². The first-order chi connectivity index (χ1) is 21.7. The van der Waals surface area contributed by atoms with Gasteiger partial charge in [0.25, 0.3) is 0 Å². The van der Waals surface area contributed by atoms with E-state index >= 15 is 0 Å². The van der Waals surface area contributed by atoms with Crippen molar-refractivity contribution in [1.29, 1.82) is 0 Å². The molecule has 0 atom stereocenters. The number of hydrogen-bond acceptors (Lipinski definition) is 6. The van der Waals surface area contributed by atoms with Crippen molar-refractivity contribution in [2.24, 2.45) is 0 Å². The summed E-state index contributed by atoms with van der Waals surface area (Å²) in [6.07, 6.45) is 27.0. The minimum absolute atomic E-state index is 0.162. The summed E-state index contributed by atoms with van der Waals surface area (Å²) in [4.78, 5) is 30.8. The largest absolute Gasteiger partial charge is 0.464 e. The summed E-state index contributed by atoms with van der Waals surface area (Å²) in [6.45, 7) is 2.69. The highest BCUT2D eigenvalue weighted by molar-refractivity contribution is 5.74. The number of hydrogen-bond donors (Lipinski definition) is 0. The van der Waals surface area contributed by atoms with Gasteiger partial charge in [0.2, 0.25) is 0 Å². The molecular formula is C38H60N2O4. The van der Waals surface area contributed by atoms with E-state index in [0.29, 0.717) is 37.4 Å². The molecule has 0 aromatic heterocycles. The first kappa shape index (κ1) is 33.4. The Morgan fingerprint density at radius 2 is 0.750 bits per heavy atom. The van der Waals surface area contributed by atoms with Crippen molar-refractivity contribution in [1.82, 2.24) is 9.80 Å². The minimum atomic E-state index is -0.162. The lowest BCUT2D eigenvalue weighted by atomic mass is 9.88. The molecular weight excluding hydrogens is 548 g/mol. The smallest absolute Gasteiger partial charge is 0.310 e. The van der Waals surface area contributed by atoms with E-state index in [-0.39, 0.29) is 24.8 Å². The molecule has 0 spiro atoms. The zero-order valence-electron chi connectivity index (χ0n) is 27.5. The molecule has 0 unspecified atom stereocenters. The topological polar surface area (TPSA) is 59.1 Å². The van der Waals surface area contributed by atoms with Crippen LogP contribution in [0.5, 0.6) is 0 Å². The van der Waals surface area contributed by atoms with Gasteiger partial charge in [-0.15, -0.1) is 0 Å². The summed E-state index contributed by atoms with van der Waals surface area (Å²) in [5.74, 6) is -0.324. The fourth-order valence-corrected chi connectivity index (χ4v) is 8.72. The fraction of sp³-hybridized carbons (Fsp3) is 0.789. The lowest BCUT2D eigenvalue weighted by molar-refractivity contribution is -0.144. The number of ether oxygens (including phenoxy) is 2. The second kappa shape index (κ2) is 18.3. The van der Waals surface area contributed by atoms with Crippen LogP contribution in [0.2, 0.25) is 0 Å². The van der Waals surface area contributed by atoms with Crippen molar-refractivity contribution in [2.45, 2.75) is 165 Å². The predicted octanol–water partition coefficient (Wildman–Crippen LogP) is 7.79. The number of esters is 2.